The summed E-state index contributed by atoms with van der Waals surface area (Å²) in [7, 11) is 0. The van der Waals surface area contributed by atoms with Crippen LogP contribution < -0.4 is 4.90 Å². The zero-order chi connectivity index (χ0) is 43.1. The maximum Gasteiger partial charge on any atom is 0.0462 e. The minimum absolute atomic E-state index is 1.10. The van der Waals surface area contributed by atoms with Gasteiger partial charge in [-0.15, -0.1) is 0 Å². The van der Waals surface area contributed by atoms with Gasteiger partial charge in [0.05, 0.1) is 0 Å². The van der Waals surface area contributed by atoms with E-state index < -0.39 is 0 Å². The van der Waals surface area contributed by atoms with Crippen LogP contribution >= 0.6 is 0 Å². The highest BCUT2D eigenvalue weighted by atomic mass is 15.1. The lowest BCUT2D eigenvalue weighted by Gasteiger charge is -2.26. The van der Waals surface area contributed by atoms with Gasteiger partial charge in [-0.05, 0) is 159 Å². The summed E-state index contributed by atoms with van der Waals surface area (Å²) in [6.07, 6.45) is 0. The summed E-state index contributed by atoms with van der Waals surface area (Å²) in [5.74, 6) is 0. The van der Waals surface area contributed by atoms with Crippen molar-refractivity contribution in [3.63, 3.8) is 0 Å². The summed E-state index contributed by atoms with van der Waals surface area (Å²) in [6.45, 7) is 0. The molecule has 0 saturated carbocycles. The first-order chi connectivity index (χ1) is 32.2. The van der Waals surface area contributed by atoms with E-state index in [-0.39, 0.29) is 0 Å². The molecule has 0 aliphatic heterocycles. The van der Waals surface area contributed by atoms with Crippen molar-refractivity contribution in [2.45, 2.75) is 0 Å². The summed E-state index contributed by atoms with van der Waals surface area (Å²) >= 11 is 0. The second kappa shape index (κ2) is 16.3. The largest absolute Gasteiger partial charge is 0.311 e. The third-order valence-corrected chi connectivity index (χ3v) is 13.0. The Kier molecular flexibility index (Phi) is 9.58. The van der Waals surface area contributed by atoms with Gasteiger partial charge in [0.2, 0.25) is 0 Å². The van der Waals surface area contributed by atoms with Crippen molar-refractivity contribution in [2.24, 2.45) is 0 Å². The topological polar surface area (TPSA) is 3.24 Å². The van der Waals surface area contributed by atoms with Crippen LogP contribution in [-0.4, -0.2) is 0 Å². The summed E-state index contributed by atoms with van der Waals surface area (Å²) in [6, 6.07) is 95.2. The normalized spacial score (nSPS) is 11.4. The molecular weight excluding hydrogens is 783 g/mol. The lowest BCUT2D eigenvalue weighted by Crippen LogP contribution is -2.09. The molecule has 0 bridgehead atoms. The zero-order valence-electron chi connectivity index (χ0n) is 35.8. The van der Waals surface area contributed by atoms with Crippen LogP contribution in [0, 0.1) is 0 Å². The van der Waals surface area contributed by atoms with Crippen LogP contribution in [0.4, 0.5) is 17.1 Å². The molecule has 0 N–H and O–H groups in total. The molecule has 1 heteroatoms. The first kappa shape index (κ1) is 38.2. The average molecular weight is 826 g/mol. The quantitative estimate of drug-likeness (QED) is 0.138. The SMILES string of the molecule is c1ccc(-c2ccc(N(c3ccc(-c4cccc(-c5ccc6c(ccc7ccccc76)c5)c4)cc3)c3ccc(-c4cccc(-c5ccc6c(ccc7ccccc76)c5)c4)cc3)cc2)cc1. The molecule has 12 aromatic rings. The molecule has 304 valence electrons. The van der Waals surface area contributed by atoms with Crippen LogP contribution in [-0.2, 0) is 0 Å². The second-order valence-electron chi connectivity index (χ2n) is 16.9. The molecule has 0 saturated heterocycles. The Balaban J connectivity index is 0.860. The van der Waals surface area contributed by atoms with Crippen molar-refractivity contribution >= 4 is 60.2 Å². The fraction of sp³-hybridized carbons (Fsp3) is 0. The fourth-order valence-electron chi connectivity index (χ4n) is 9.63. The van der Waals surface area contributed by atoms with Crippen LogP contribution in [0.1, 0.15) is 0 Å². The Morgan fingerprint density at radius 2 is 0.462 bits per heavy atom. The molecule has 0 radical (unpaired) electrons. The molecule has 0 atom stereocenters. The lowest BCUT2D eigenvalue weighted by atomic mass is 9.95. The van der Waals surface area contributed by atoms with Crippen molar-refractivity contribution in [1.82, 2.24) is 0 Å². The summed E-state index contributed by atoms with van der Waals surface area (Å²) in [5.41, 5.74) is 15.3. The number of benzene rings is 12. The van der Waals surface area contributed by atoms with Gasteiger partial charge in [0, 0.05) is 17.1 Å². The molecular formula is C64H43N. The molecule has 65 heavy (non-hydrogen) atoms. The number of rotatable bonds is 8. The minimum Gasteiger partial charge on any atom is -0.311 e. The number of nitrogens with zero attached hydrogens (tertiary/aromatic N) is 1. The molecule has 0 aliphatic rings. The first-order valence-electron chi connectivity index (χ1n) is 22.4. The van der Waals surface area contributed by atoms with Gasteiger partial charge in [0.15, 0.2) is 0 Å². The maximum absolute atomic E-state index is 2.35. The Morgan fingerprint density at radius 3 is 0.908 bits per heavy atom. The Bertz CT molecular complexity index is 3470. The van der Waals surface area contributed by atoms with E-state index in [0.29, 0.717) is 0 Å². The van der Waals surface area contributed by atoms with Crippen molar-refractivity contribution in [2.75, 3.05) is 4.90 Å². The number of anilines is 3. The van der Waals surface area contributed by atoms with E-state index in [4.69, 9.17) is 0 Å². The number of hydrogen-bond donors (Lipinski definition) is 0. The average Bonchev–Trinajstić information content (AvgIpc) is 3.39. The number of fused-ring (bicyclic) bond motifs is 6. The third-order valence-electron chi connectivity index (χ3n) is 13.0. The highest BCUT2D eigenvalue weighted by Crippen LogP contribution is 2.39. The molecule has 0 amide bonds. The molecule has 12 rings (SSSR count). The van der Waals surface area contributed by atoms with Gasteiger partial charge in [-0.1, -0.05) is 200 Å². The van der Waals surface area contributed by atoms with E-state index >= 15 is 0 Å². The van der Waals surface area contributed by atoms with Crippen LogP contribution in [0.5, 0.6) is 0 Å². The molecule has 0 aliphatic carbocycles. The van der Waals surface area contributed by atoms with Crippen LogP contribution in [0.25, 0.3) is 98.7 Å². The van der Waals surface area contributed by atoms with Gasteiger partial charge in [0.25, 0.3) is 0 Å². The summed E-state index contributed by atoms with van der Waals surface area (Å²) in [4.78, 5) is 2.35. The van der Waals surface area contributed by atoms with Crippen molar-refractivity contribution in [1.29, 1.82) is 0 Å². The van der Waals surface area contributed by atoms with Gasteiger partial charge in [0.1, 0.15) is 0 Å². The second-order valence-corrected chi connectivity index (χ2v) is 16.9. The number of hydrogen-bond acceptors (Lipinski definition) is 1. The monoisotopic (exact) mass is 825 g/mol. The van der Waals surface area contributed by atoms with E-state index in [1.54, 1.807) is 0 Å². The van der Waals surface area contributed by atoms with E-state index in [0.717, 1.165) is 17.1 Å². The van der Waals surface area contributed by atoms with Crippen molar-refractivity contribution in [3.8, 4) is 55.6 Å². The maximum atomic E-state index is 2.35. The van der Waals surface area contributed by atoms with Gasteiger partial charge in [-0.2, -0.15) is 0 Å². The molecule has 0 spiro atoms. The molecule has 1 nitrogen and oxygen atoms in total. The first-order valence-corrected chi connectivity index (χ1v) is 22.4. The molecule has 0 aromatic heterocycles. The fourth-order valence-corrected chi connectivity index (χ4v) is 9.63. The Hall–Kier alpha value is -8.52. The van der Waals surface area contributed by atoms with E-state index in [2.05, 4.69) is 266 Å². The highest BCUT2D eigenvalue weighted by Gasteiger charge is 2.15. The molecule has 0 unspecified atom stereocenters. The minimum atomic E-state index is 1.10. The van der Waals surface area contributed by atoms with Gasteiger partial charge in [-0.3, -0.25) is 0 Å². The van der Waals surface area contributed by atoms with E-state index in [1.807, 2.05) is 0 Å². The lowest BCUT2D eigenvalue weighted by molar-refractivity contribution is 1.28. The van der Waals surface area contributed by atoms with Crippen LogP contribution in [0.2, 0.25) is 0 Å². The zero-order valence-corrected chi connectivity index (χ0v) is 35.8. The van der Waals surface area contributed by atoms with Crippen molar-refractivity contribution < 1.29 is 0 Å². The standard InChI is InChI=1S/C64H43N/c1-2-10-44(11-3-1)45-24-32-58(33-25-45)65(59-34-26-46(27-35-59)50-14-8-16-52(40-50)54-30-38-63-56(42-54)22-20-48-12-4-6-18-61(48)63)60-36-28-47(29-37-60)51-15-9-17-53(41-51)55-31-39-64-57(43-55)23-21-49-13-5-7-19-62(49)64/h1-43H. The van der Waals surface area contributed by atoms with Gasteiger partial charge < -0.3 is 4.90 Å². The van der Waals surface area contributed by atoms with E-state index in [1.165, 1.54) is 98.7 Å². The Morgan fingerprint density at radius 1 is 0.169 bits per heavy atom. The summed E-state index contributed by atoms with van der Waals surface area (Å²) < 4.78 is 0. The predicted molar refractivity (Wildman–Crippen MR) is 278 cm³/mol. The highest BCUT2D eigenvalue weighted by molar-refractivity contribution is 6.09. The molecule has 0 heterocycles. The molecule has 0 fully saturated rings. The van der Waals surface area contributed by atoms with Gasteiger partial charge in [-0.25, -0.2) is 0 Å². The molecule has 12 aromatic carbocycles. The predicted octanol–water partition coefficient (Wildman–Crippen LogP) is 18.1. The Labute approximate surface area is 379 Å². The van der Waals surface area contributed by atoms with Crippen LogP contribution in [0.15, 0.2) is 261 Å². The van der Waals surface area contributed by atoms with E-state index in [9.17, 15) is 0 Å². The van der Waals surface area contributed by atoms with Gasteiger partial charge >= 0.3 is 0 Å². The smallest absolute Gasteiger partial charge is 0.0462 e. The third kappa shape index (κ3) is 7.30. The van der Waals surface area contributed by atoms with Crippen molar-refractivity contribution in [3.05, 3.63) is 261 Å². The summed E-state index contributed by atoms with van der Waals surface area (Å²) in [5, 5.41) is 10.2. The van der Waals surface area contributed by atoms with Crippen LogP contribution in [0.3, 0.4) is 0 Å².